The van der Waals surface area contributed by atoms with E-state index in [0.717, 1.165) is 18.4 Å². The van der Waals surface area contributed by atoms with E-state index in [4.69, 9.17) is 0 Å². The van der Waals surface area contributed by atoms with E-state index >= 15 is 0 Å². The molecule has 4 nitrogen and oxygen atoms in total. The summed E-state index contributed by atoms with van der Waals surface area (Å²) in [6.07, 6.45) is 4.80. The number of benzene rings is 1. The van der Waals surface area contributed by atoms with Crippen LogP contribution in [0, 0.1) is 27.8 Å². The molecule has 5 heteroatoms. The van der Waals surface area contributed by atoms with Gasteiger partial charge in [0.25, 0.3) is 5.69 Å². The number of nitro groups is 1. The first-order valence-electron chi connectivity index (χ1n) is 6.34. The second-order valence-electron chi connectivity index (χ2n) is 5.34. The topological polar surface area (TPSA) is 55.2 Å². The highest BCUT2D eigenvalue weighted by molar-refractivity contribution is 5.62. The SMILES string of the molecule is O=[N+]([O-])c1cc(F)ccc1NC1CC2CCC1C2. The Morgan fingerprint density at radius 3 is 2.78 bits per heavy atom. The molecule has 3 atom stereocenters. The van der Waals surface area contributed by atoms with Crippen molar-refractivity contribution in [1.82, 2.24) is 0 Å². The highest BCUT2D eigenvalue weighted by atomic mass is 19.1. The van der Waals surface area contributed by atoms with Gasteiger partial charge in [0.05, 0.1) is 11.0 Å². The smallest absolute Gasteiger partial charge is 0.295 e. The fourth-order valence-electron chi connectivity index (χ4n) is 3.40. The molecule has 1 aromatic carbocycles. The lowest BCUT2D eigenvalue weighted by Crippen LogP contribution is -2.26. The minimum atomic E-state index is -0.569. The molecule has 0 aliphatic heterocycles. The molecule has 3 unspecified atom stereocenters. The lowest BCUT2D eigenvalue weighted by Gasteiger charge is -2.23. The van der Waals surface area contributed by atoms with Crippen molar-refractivity contribution in [2.24, 2.45) is 11.8 Å². The van der Waals surface area contributed by atoms with Crippen LogP contribution in [-0.2, 0) is 0 Å². The van der Waals surface area contributed by atoms with Crippen LogP contribution in [0.1, 0.15) is 25.7 Å². The lowest BCUT2D eigenvalue weighted by atomic mass is 9.95. The van der Waals surface area contributed by atoms with E-state index in [1.54, 1.807) is 0 Å². The highest BCUT2D eigenvalue weighted by Crippen LogP contribution is 2.46. The van der Waals surface area contributed by atoms with E-state index in [2.05, 4.69) is 5.32 Å². The molecule has 0 aromatic heterocycles. The number of hydrogen-bond donors (Lipinski definition) is 1. The number of nitrogens with zero attached hydrogens (tertiary/aromatic N) is 1. The Balaban J connectivity index is 1.82. The first-order chi connectivity index (χ1) is 8.63. The maximum absolute atomic E-state index is 13.0. The van der Waals surface area contributed by atoms with Crippen LogP contribution in [0.2, 0.25) is 0 Å². The lowest BCUT2D eigenvalue weighted by molar-refractivity contribution is -0.384. The zero-order valence-electron chi connectivity index (χ0n) is 9.93. The van der Waals surface area contributed by atoms with Gasteiger partial charge in [0, 0.05) is 6.04 Å². The Morgan fingerprint density at radius 1 is 1.33 bits per heavy atom. The number of hydrogen-bond acceptors (Lipinski definition) is 3. The van der Waals surface area contributed by atoms with Crippen molar-refractivity contribution < 1.29 is 9.31 Å². The van der Waals surface area contributed by atoms with Crippen LogP contribution in [0.4, 0.5) is 15.8 Å². The molecule has 2 aliphatic rings. The van der Waals surface area contributed by atoms with Gasteiger partial charge in [-0.05, 0) is 43.2 Å². The number of nitrogens with one attached hydrogen (secondary N) is 1. The third-order valence-electron chi connectivity index (χ3n) is 4.24. The van der Waals surface area contributed by atoms with E-state index in [-0.39, 0.29) is 5.69 Å². The molecule has 0 heterocycles. The molecule has 2 aliphatic carbocycles. The monoisotopic (exact) mass is 250 g/mol. The molecule has 96 valence electrons. The predicted octanol–water partition coefficient (Wildman–Crippen LogP) is 3.33. The van der Waals surface area contributed by atoms with Crippen molar-refractivity contribution in [3.8, 4) is 0 Å². The second-order valence-corrected chi connectivity index (χ2v) is 5.34. The van der Waals surface area contributed by atoms with Gasteiger partial charge in [-0.25, -0.2) is 4.39 Å². The largest absolute Gasteiger partial charge is 0.376 e. The van der Waals surface area contributed by atoms with E-state index in [9.17, 15) is 14.5 Å². The van der Waals surface area contributed by atoms with Crippen molar-refractivity contribution in [2.45, 2.75) is 31.7 Å². The van der Waals surface area contributed by atoms with E-state index in [0.29, 0.717) is 17.6 Å². The van der Waals surface area contributed by atoms with Crippen molar-refractivity contribution in [1.29, 1.82) is 0 Å². The number of rotatable bonds is 3. The van der Waals surface area contributed by atoms with Crippen LogP contribution in [-0.4, -0.2) is 11.0 Å². The Morgan fingerprint density at radius 2 is 2.17 bits per heavy atom. The Kier molecular flexibility index (Phi) is 2.69. The zero-order chi connectivity index (χ0) is 12.7. The molecule has 0 radical (unpaired) electrons. The van der Waals surface area contributed by atoms with Crippen LogP contribution < -0.4 is 5.32 Å². The van der Waals surface area contributed by atoms with Crippen molar-refractivity contribution in [2.75, 3.05) is 5.32 Å². The summed E-state index contributed by atoms with van der Waals surface area (Å²) in [6, 6.07) is 4.03. The predicted molar refractivity (Wildman–Crippen MR) is 65.9 cm³/mol. The Labute approximate surface area is 104 Å². The van der Waals surface area contributed by atoms with Gasteiger partial charge in [-0.3, -0.25) is 10.1 Å². The molecule has 0 spiro atoms. The van der Waals surface area contributed by atoms with Crippen LogP contribution >= 0.6 is 0 Å². The minimum Gasteiger partial charge on any atom is -0.376 e. The average molecular weight is 250 g/mol. The normalized spacial score (nSPS) is 29.5. The summed E-state index contributed by atoms with van der Waals surface area (Å²) in [5, 5.41) is 14.1. The third kappa shape index (κ3) is 1.94. The molecule has 2 fully saturated rings. The molecule has 0 saturated heterocycles. The van der Waals surface area contributed by atoms with Gasteiger partial charge in [-0.2, -0.15) is 0 Å². The number of halogens is 1. The van der Waals surface area contributed by atoms with Crippen LogP contribution in [0.25, 0.3) is 0 Å². The van der Waals surface area contributed by atoms with Gasteiger partial charge in [0.2, 0.25) is 0 Å². The molecular formula is C13H15FN2O2. The summed E-state index contributed by atoms with van der Waals surface area (Å²) >= 11 is 0. The first kappa shape index (κ1) is 11.4. The fraction of sp³-hybridized carbons (Fsp3) is 0.538. The van der Waals surface area contributed by atoms with E-state index < -0.39 is 10.7 Å². The van der Waals surface area contributed by atoms with Crippen molar-refractivity contribution in [3.05, 3.63) is 34.1 Å². The standard InChI is InChI=1S/C13H15FN2O2/c14-10-3-4-11(13(7-10)16(17)18)15-12-6-8-1-2-9(12)5-8/h3-4,7-9,12,15H,1-2,5-6H2. The molecule has 1 aromatic rings. The van der Waals surface area contributed by atoms with Gasteiger partial charge in [-0.15, -0.1) is 0 Å². The van der Waals surface area contributed by atoms with Crippen molar-refractivity contribution >= 4 is 11.4 Å². The summed E-state index contributed by atoms with van der Waals surface area (Å²) in [6.45, 7) is 0. The summed E-state index contributed by atoms with van der Waals surface area (Å²) in [4.78, 5) is 10.4. The first-order valence-corrected chi connectivity index (χ1v) is 6.34. The number of fused-ring (bicyclic) bond motifs is 2. The average Bonchev–Trinajstić information content (AvgIpc) is 2.93. The van der Waals surface area contributed by atoms with Gasteiger partial charge < -0.3 is 5.32 Å². The van der Waals surface area contributed by atoms with E-state index in [1.165, 1.54) is 31.4 Å². The number of anilines is 1. The summed E-state index contributed by atoms with van der Waals surface area (Å²) in [5.74, 6) is 0.826. The second kappa shape index (κ2) is 4.23. The molecule has 1 N–H and O–H groups in total. The quantitative estimate of drug-likeness (QED) is 0.661. The van der Waals surface area contributed by atoms with Gasteiger partial charge in [-0.1, -0.05) is 6.42 Å². The Bertz CT molecular complexity index is 492. The number of nitro benzene ring substituents is 1. The van der Waals surface area contributed by atoms with Crippen LogP contribution in [0.3, 0.4) is 0 Å². The third-order valence-corrected chi connectivity index (χ3v) is 4.24. The summed E-state index contributed by atoms with van der Waals surface area (Å²) < 4.78 is 13.0. The molecule has 2 saturated carbocycles. The van der Waals surface area contributed by atoms with Crippen molar-refractivity contribution in [3.63, 3.8) is 0 Å². The van der Waals surface area contributed by atoms with E-state index in [1.807, 2.05) is 0 Å². The molecular weight excluding hydrogens is 235 g/mol. The van der Waals surface area contributed by atoms with Crippen LogP contribution in [0.5, 0.6) is 0 Å². The fourth-order valence-corrected chi connectivity index (χ4v) is 3.40. The maximum atomic E-state index is 13.0. The maximum Gasteiger partial charge on any atom is 0.295 e. The summed E-state index contributed by atoms with van der Waals surface area (Å²) in [7, 11) is 0. The molecule has 0 amide bonds. The molecule has 2 bridgehead atoms. The molecule has 3 rings (SSSR count). The zero-order valence-corrected chi connectivity index (χ0v) is 9.93. The highest BCUT2D eigenvalue weighted by Gasteiger charge is 2.40. The minimum absolute atomic E-state index is 0.169. The van der Waals surface area contributed by atoms with Gasteiger partial charge >= 0.3 is 0 Å². The molecule has 18 heavy (non-hydrogen) atoms. The summed E-state index contributed by atoms with van der Waals surface area (Å²) in [5.41, 5.74) is 0.275. The van der Waals surface area contributed by atoms with Gasteiger partial charge in [0.1, 0.15) is 11.5 Å². The van der Waals surface area contributed by atoms with Gasteiger partial charge in [0.15, 0.2) is 0 Å². The Hall–Kier alpha value is -1.65. The van der Waals surface area contributed by atoms with Crippen LogP contribution in [0.15, 0.2) is 18.2 Å².